The molecule has 0 spiro atoms. The Bertz CT molecular complexity index is 993. The number of anilines is 1. The van der Waals surface area contributed by atoms with Crippen LogP contribution in [-0.2, 0) is 19.6 Å². The van der Waals surface area contributed by atoms with Gasteiger partial charge in [-0.2, -0.15) is 0 Å². The second-order valence-electron chi connectivity index (χ2n) is 5.65. The molecule has 2 rings (SSSR count). The van der Waals surface area contributed by atoms with Gasteiger partial charge in [-0.3, -0.25) is 4.79 Å². The number of nitrogens with two attached hydrogens (primary N) is 1. The third-order valence-corrected chi connectivity index (χ3v) is 5.19. The van der Waals surface area contributed by atoms with Gasteiger partial charge in [0.05, 0.1) is 22.8 Å². The van der Waals surface area contributed by atoms with E-state index in [1.54, 1.807) is 24.3 Å². The molecule has 0 bridgehead atoms. The lowest BCUT2D eigenvalue weighted by molar-refractivity contribution is -0.123. The Kier molecular flexibility index (Phi) is 7.17. The van der Waals surface area contributed by atoms with Crippen molar-refractivity contribution in [1.82, 2.24) is 0 Å². The van der Waals surface area contributed by atoms with Crippen molar-refractivity contribution in [2.45, 2.75) is 24.8 Å². The van der Waals surface area contributed by atoms with Gasteiger partial charge in [0.15, 0.2) is 6.10 Å². The van der Waals surface area contributed by atoms with Gasteiger partial charge in [0.25, 0.3) is 5.91 Å². The van der Waals surface area contributed by atoms with Crippen LogP contribution < -0.4 is 15.2 Å². The molecule has 1 amide bonds. The largest absolute Gasteiger partial charge is 0.492 e. The first-order chi connectivity index (χ1) is 13.1. The van der Waals surface area contributed by atoms with Crippen molar-refractivity contribution >= 4 is 43.5 Å². The third kappa shape index (κ3) is 5.54. The van der Waals surface area contributed by atoms with Crippen molar-refractivity contribution in [3.8, 4) is 5.75 Å². The van der Waals surface area contributed by atoms with Gasteiger partial charge in [0.2, 0.25) is 10.0 Å². The van der Waals surface area contributed by atoms with E-state index in [0.717, 1.165) is 6.07 Å². The van der Waals surface area contributed by atoms with Crippen LogP contribution in [0.5, 0.6) is 5.75 Å². The van der Waals surface area contributed by atoms with E-state index in [-0.39, 0.29) is 10.5 Å². The van der Waals surface area contributed by atoms with Crippen LogP contribution in [0.3, 0.4) is 0 Å². The second-order valence-corrected chi connectivity index (χ2v) is 8.07. The summed E-state index contributed by atoms with van der Waals surface area (Å²) in [5, 5.41) is 7.71. The molecular weight excluding hydrogens is 452 g/mol. The summed E-state index contributed by atoms with van der Waals surface area (Å²) in [6, 6.07) is 10.5. The SMILES string of the molecule is CCOc1ccccc1NC(=O)C(C)OC(=O)c1cc(S(N)(=O)=O)ccc1Br. The average molecular weight is 471 g/mol. The number of hydrogen-bond donors (Lipinski definition) is 2. The number of nitrogens with one attached hydrogen (secondary N) is 1. The van der Waals surface area contributed by atoms with Gasteiger partial charge in [-0.1, -0.05) is 12.1 Å². The molecule has 3 N–H and O–H groups in total. The molecule has 0 saturated carbocycles. The van der Waals surface area contributed by atoms with Crippen LogP contribution in [-0.4, -0.2) is 33.0 Å². The molecule has 0 heterocycles. The normalized spacial score (nSPS) is 12.1. The van der Waals surface area contributed by atoms with Crippen molar-refractivity contribution < 1.29 is 27.5 Å². The van der Waals surface area contributed by atoms with E-state index in [1.165, 1.54) is 19.1 Å². The number of hydrogen-bond acceptors (Lipinski definition) is 6. The van der Waals surface area contributed by atoms with E-state index in [0.29, 0.717) is 22.5 Å². The average Bonchev–Trinajstić information content (AvgIpc) is 2.62. The van der Waals surface area contributed by atoms with Crippen LogP contribution in [0.25, 0.3) is 0 Å². The van der Waals surface area contributed by atoms with E-state index >= 15 is 0 Å². The monoisotopic (exact) mass is 470 g/mol. The quantitative estimate of drug-likeness (QED) is 0.599. The Morgan fingerprint density at radius 2 is 1.89 bits per heavy atom. The maximum absolute atomic E-state index is 12.4. The van der Waals surface area contributed by atoms with Crippen LogP contribution >= 0.6 is 15.9 Å². The van der Waals surface area contributed by atoms with Gasteiger partial charge in [0, 0.05) is 4.47 Å². The molecule has 2 aromatic carbocycles. The predicted octanol–water partition coefficient (Wildman–Crippen LogP) is 2.68. The number of primary sulfonamides is 1. The molecule has 28 heavy (non-hydrogen) atoms. The van der Waals surface area contributed by atoms with Crippen LogP contribution in [0.15, 0.2) is 51.8 Å². The minimum absolute atomic E-state index is 0.0686. The number of esters is 1. The number of para-hydroxylation sites is 2. The third-order valence-electron chi connectivity index (χ3n) is 3.58. The zero-order valence-electron chi connectivity index (χ0n) is 15.1. The first-order valence-corrected chi connectivity index (χ1v) is 10.5. The highest BCUT2D eigenvalue weighted by molar-refractivity contribution is 9.10. The summed E-state index contributed by atoms with van der Waals surface area (Å²) >= 11 is 3.15. The molecule has 10 heteroatoms. The maximum Gasteiger partial charge on any atom is 0.340 e. The minimum atomic E-state index is -3.99. The zero-order valence-corrected chi connectivity index (χ0v) is 17.5. The molecule has 0 aromatic heterocycles. The second kappa shape index (κ2) is 9.18. The van der Waals surface area contributed by atoms with E-state index < -0.39 is 28.0 Å². The standard InChI is InChI=1S/C18H19BrN2O6S/c1-3-26-16-7-5-4-6-15(16)21-17(22)11(2)27-18(23)13-10-12(28(20,24)25)8-9-14(13)19/h4-11H,3H2,1-2H3,(H,21,22)(H2,20,24,25). The van der Waals surface area contributed by atoms with Crippen LogP contribution in [0.4, 0.5) is 5.69 Å². The summed E-state index contributed by atoms with van der Waals surface area (Å²) in [6.07, 6.45) is -1.15. The van der Waals surface area contributed by atoms with Crippen LogP contribution in [0, 0.1) is 0 Å². The first kappa shape index (κ1) is 21.9. The molecule has 0 saturated heterocycles. The number of benzene rings is 2. The Morgan fingerprint density at radius 1 is 1.21 bits per heavy atom. The van der Waals surface area contributed by atoms with E-state index in [1.807, 2.05) is 6.92 Å². The molecule has 8 nitrogen and oxygen atoms in total. The summed E-state index contributed by atoms with van der Waals surface area (Å²) in [6.45, 7) is 3.64. The smallest absolute Gasteiger partial charge is 0.340 e. The minimum Gasteiger partial charge on any atom is -0.492 e. The van der Waals surface area contributed by atoms with Crippen molar-refractivity contribution in [1.29, 1.82) is 0 Å². The highest BCUT2D eigenvalue weighted by Crippen LogP contribution is 2.25. The van der Waals surface area contributed by atoms with Gasteiger partial charge >= 0.3 is 5.97 Å². The molecule has 0 radical (unpaired) electrons. The van der Waals surface area contributed by atoms with Crippen molar-refractivity contribution in [2.24, 2.45) is 5.14 Å². The van der Waals surface area contributed by atoms with Gasteiger partial charge in [-0.25, -0.2) is 18.4 Å². The Hall–Kier alpha value is -2.43. The van der Waals surface area contributed by atoms with Gasteiger partial charge in [0.1, 0.15) is 5.75 Å². The lowest BCUT2D eigenvalue weighted by Gasteiger charge is -2.16. The number of rotatable bonds is 7. The number of carbonyl (C=O) groups is 2. The predicted molar refractivity (Wildman–Crippen MR) is 107 cm³/mol. The molecule has 2 aromatic rings. The molecule has 1 unspecified atom stereocenters. The Labute approximate surface area is 171 Å². The first-order valence-electron chi connectivity index (χ1n) is 8.19. The molecule has 1 atom stereocenters. The molecule has 0 aliphatic rings. The van der Waals surface area contributed by atoms with Crippen LogP contribution in [0.2, 0.25) is 0 Å². The lowest BCUT2D eigenvalue weighted by Crippen LogP contribution is -2.30. The summed E-state index contributed by atoms with van der Waals surface area (Å²) in [5.74, 6) is -0.960. The van der Waals surface area contributed by atoms with Gasteiger partial charge < -0.3 is 14.8 Å². The van der Waals surface area contributed by atoms with Gasteiger partial charge in [-0.05, 0) is 60.1 Å². The fraction of sp³-hybridized carbons (Fsp3) is 0.222. The molecule has 150 valence electrons. The summed E-state index contributed by atoms with van der Waals surface area (Å²) < 4.78 is 33.8. The summed E-state index contributed by atoms with van der Waals surface area (Å²) in [5.41, 5.74) is 0.371. The maximum atomic E-state index is 12.4. The van der Waals surface area contributed by atoms with Crippen molar-refractivity contribution in [3.05, 3.63) is 52.5 Å². The molecular formula is C18H19BrN2O6S. The van der Waals surface area contributed by atoms with Crippen LogP contribution in [0.1, 0.15) is 24.2 Å². The van der Waals surface area contributed by atoms with E-state index in [9.17, 15) is 18.0 Å². The molecule has 0 fully saturated rings. The van der Waals surface area contributed by atoms with Gasteiger partial charge in [-0.15, -0.1) is 0 Å². The number of carbonyl (C=O) groups excluding carboxylic acids is 2. The van der Waals surface area contributed by atoms with Crippen molar-refractivity contribution in [2.75, 3.05) is 11.9 Å². The number of halogens is 1. The lowest BCUT2D eigenvalue weighted by atomic mass is 10.2. The summed E-state index contributed by atoms with van der Waals surface area (Å²) in [4.78, 5) is 24.5. The highest BCUT2D eigenvalue weighted by Gasteiger charge is 2.23. The number of ether oxygens (including phenoxy) is 2. The molecule has 0 aliphatic heterocycles. The fourth-order valence-corrected chi connectivity index (χ4v) is 3.15. The number of sulfonamides is 1. The number of amides is 1. The molecule has 0 aliphatic carbocycles. The topological polar surface area (TPSA) is 125 Å². The zero-order chi connectivity index (χ0) is 20.9. The fourth-order valence-electron chi connectivity index (χ4n) is 2.20. The van der Waals surface area contributed by atoms with E-state index in [4.69, 9.17) is 14.6 Å². The van der Waals surface area contributed by atoms with E-state index in [2.05, 4.69) is 21.2 Å². The Morgan fingerprint density at radius 3 is 2.54 bits per heavy atom. The highest BCUT2D eigenvalue weighted by atomic mass is 79.9. The summed E-state index contributed by atoms with van der Waals surface area (Å²) in [7, 11) is -3.99. The Balaban J connectivity index is 2.13. The van der Waals surface area contributed by atoms with Crippen molar-refractivity contribution in [3.63, 3.8) is 0 Å².